The van der Waals surface area contributed by atoms with Crippen molar-refractivity contribution in [2.45, 2.75) is 19.4 Å². The molecule has 1 aliphatic rings. The summed E-state index contributed by atoms with van der Waals surface area (Å²) in [5.74, 6) is 0.193. The third-order valence-electron chi connectivity index (χ3n) is 5.07. The van der Waals surface area contributed by atoms with Crippen molar-refractivity contribution in [2.24, 2.45) is 5.41 Å². The molecule has 128 valence electrons. The smallest absolute Gasteiger partial charge is 0.231 e. The fraction of sp³-hybridized carbons (Fsp3) is 0.450. The predicted octanol–water partition coefficient (Wildman–Crippen LogP) is 2.81. The summed E-state index contributed by atoms with van der Waals surface area (Å²) in [6.07, 6.45) is 1.67. The summed E-state index contributed by atoms with van der Waals surface area (Å²) in [5.41, 5.74) is 0.796. The maximum Gasteiger partial charge on any atom is 0.231 e. The molecule has 1 amide bonds. The Hall–Kier alpha value is -1.91. The highest BCUT2D eigenvalue weighted by Gasteiger charge is 2.41. The molecule has 1 heterocycles. The van der Waals surface area contributed by atoms with Gasteiger partial charge in [0, 0.05) is 20.7 Å². The summed E-state index contributed by atoms with van der Waals surface area (Å²) in [5, 5.41) is 5.77. The first-order chi connectivity index (χ1) is 11.7. The third kappa shape index (κ3) is 3.30. The van der Waals surface area contributed by atoms with E-state index in [-0.39, 0.29) is 11.3 Å². The first-order valence-electron chi connectivity index (χ1n) is 8.58. The normalized spacial score (nSPS) is 16.9. The van der Waals surface area contributed by atoms with Gasteiger partial charge < -0.3 is 15.0 Å². The molecule has 0 bridgehead atoms. The number of fused-ring (bicyclic) bond motifs is 1. The maximum atomic E-state index is 13.2. The zero-order chi connectivity index (χ0) is 17.0. The van der Waals surface area contributed by atoms with Crippen molar-refractivity contribution in [1.29, 1.82) is 0 Å². The Morgan fingerprint density at radius 3 is 2.62 bits per heavy atom. The summed E-state index contributed by atoms with van der Waals surface area (Å²) in [4.78, 5) is 15.0. The molecule has 2 aromatic rings. The van der Waals surface area contributed by atoms with Gasteiger partial charge in [-0.2, -0.15) is 0 Å². The van der Waals surface area contributed by atoms with Gasteiger partial charge in [0.1, 0.15) is 0 Å². The monoisotopic (exact) mass is 326 g/mol. The first-order valence-corrected chi connectivity index (χ1v) is 8.58. The van der Waals surface area contributed by atoms with Crippen LogP contribution in [-0.4, -0.2) is 44.7 Å². The Morgan fingerprint density at radius 2 is 1.88 bits per heavy atom. The summed E-state index contributed by atoms with van der Waals surface area (Å²) < 4.78 is 5.40. The van der Waals surface area contributed by atoms with Crippen LogP contribution in [0.1, 0.15) is 18.4 Å². The number of benzene rings is 2. The van der Waals surface area contributed by atoms with Crippen molar-refractivity contribution in [3.8, 4) is 0 Å². The molecular weight excluding hydrogens is 300 g/mol. The Bertz CT molecular complexity index is 697. The van der Waals surface area contributed by atoms with Gasteiger partial charge in [0.15, 0.2) is 0 Å². The van der Waals surface area contributed by atoms with E-state index in [9.17, 15) is 4.79 Å². The zero-order valence-electron chi connectivity index (χ0n) is 14.5. The van der Waals surface area contributed by atoms with Crippen molar-refractivity contribution in [2.75, 3.05) is 33.9 Å². The molecule has 0 saturated carbocycles. The van der Waals surface area contributed by atoms with Crippen LogP contribution in [0, 0.1) is 5.41 Å². The summed E-state index contributed by atoms with van der Waals surface area (Å²) in [6.45, 7) is 2.86. The lowest BCUT2D eigenvalue weighted by Crippen LogP contribution is -2.50. The number of methoxy groups -OCH3 is 1. The minimum Gasteiger partial charge on any atom is -0.384 e. The fourth-order valence-electron chi connectivity index (χ4n) is 3.76. The summed E-state index contributed by atoms with van der Waals surface area (Å²) in [7, 11) is 3.59. The molecule has 0 unspecified atom stereocenters. The molecule has 0 aromatic heterocycles. The van der Waals surface area contributed by atoms with Gasteiger partial charge in [-0.05, 0) is 42.3 Å². The first kappa shape index (κ1) is 16.9. The Labute approximate surface area is 143 Å². The van der Waals surface area contributed by atoms with E-state index in [1.54, 1.807) is 7.11 Å². The highest BCUT2D eigenvalue weighted by molar-refractivity contribution is 5.87. The minimum absolute atomic E-state index is 0.193. The predicted molar refractivity (Wildman–Crippen MR) is 96.8 cm³/mol. The molecule has 4 nitrogen and oxygen atoms in total. The van der Waals surface area contributed by atoms with Crippen molar-refractivity contribution in [3.05, 3.63) is 48.0 Å². The van der Waals surface area contributed by atoms with Crippen LogP contribution >= 0.6 is 0 Å². The molecule has 1 fully saturated rings. The van der Waals surface area contributed by atoms with E-state index in [4.69, 9.17) is 4.74 Å². The van der Waals surface area contributed by atoms with Crippen LogP contribution in [0.4, 0.5) is 0 Å². The molecule has 3 rings (SSSR count). The molecule has 4 heteroatoms. The van der Waals surface area contributed by atoms with Crippen LogP contribution in [0.25, 0.3) is 10.8 Å². The number of carbonyl (C=O) groups is 1. The lowest BCUT2D eigenvalue weighted by atomic mass is 9.78. The van der Waals surface area contributed by atoms with E-state index in [1.807, 2.05) is 24.1 Å². The van der Waals surface area contributed by atoms with Gasteiger partial charge in [-0.3, -0.25) is 4.79 Å². The second kappa shape index (κ2) is 7.32. The number of rotatable bonds is 5. The van der Waals surface area contributed by atoms with Crippen LogP contribution in [0.15, 0.2) is 42.5 Å². The molecule has 1 saturated heterocycles. The topological polar surface area (TPSA) is 41.6 Å². The lowest BCUT2D eigenvalue weighted by molar-refractivity contribution is -0.146. The SMILES string of the molecule is COCC1(C(=O)N(C)Cc2cccc3ccccc23)CCNCC1. The van der Waals surface area contributed by atoms with E-state index in [0.29, 0.717) is 13.2 Å². The zero-order valence-corrected chi connectivity index (χ0v) is 14.5. The van der Waals surface area contributed by atoms with Gasteiger partial charge in [-0.1, -0.05) is 42.5 Å². The van der Waals surface area contributed by atoms with Crippen LogP contribution in [-0.2, 0) is 16.1 Å². The van der Waals surface area contributed by atoms with E-state index < -0.39 is 0 Å². The lowest BCUT2D eigenvalue weighted by Gasteiger charge is -2.38. The quantitative estimate of drug-likeness (QED) is 0.919. The molecule has 0 aliphatic carbocycles. The van der Waals surface area contributed by atoms with Gasteiger partial charge in [0.25, 0.3) is 0 Å². The highest BCUT2D eigenvalue weighted by Crippen LogP contribution is 2.32. The number of carbonyl (C=O) groups excluding carboxylic acids is 1. The van der Waals surface area contributed by atoms with Crippen molar-refractivity contribution < 1.29 is 9.53 Å². The standard InChI is InChI=1S/C20H26N2O2/c1-22(19(23)20(15-24-2)10-12-21-13-11-20)14-17-8-5-7-16-6-3-4-9-18(16)17/h3-9,21H,10-15H2,1-2H3. The van der Waals surface area contributed by atoms with Crippen LogP contribution in [0.5, 0.6) is 0 Å². The largest absolute Gasteiger partial charge is 0.384 e. The Balaban J connectivity index is 1.82. The molecule has 1 N–H and O–H groups in total. The van der Waals surface area contributed by atoms with Crippen molar-refractivity contribution >= 4 is 16.7 Å². The van der Waals surface area contributed by atoms with Crippen LogP contribution in [0.3, 0.4) is 0 Å². The Kier molecular flexibility index (Phi) is 5.17. The van der Waals surface area contributed by atoms with E-state index in [1.165, 1.54) is 16.3 Å². The number of nitrogens with zero attached hydrogens (tertiary/aromatic N) is 1. The van der Waals surface area contributed by atoms with Crippen LogP contribution < -0.4 is 5.32 Å². The van der Waals surface area contributed by atoms with Gasteiger partial charge in [0.05, 0.1) is 12.0 Å². The Morgan fingerprint density at radius 1 is 1.17 bits per heavy atom. The number of piperidine rings is 1. The molecule has 0 atom stereocenters. The summed E-state index contributed by atoms with van der Waals surface area (Å²) >= 11 is 0. The fourth-order valence-corrected chi connectivity index (χ4v) is 3.76. The number of hydrogen-bond acceptors (Lipinski definition) is 3. The van der Waals surface area contributed by atoms with E-state index in [0.717, 1.165) is 25.9 Å². The summed E-state index contributed by atoms with van der Waals surface area (Å²) in [6, 6.07) is 14.6. The molecule has 0 radical (unpaired) electrons. The average Bonchev–Trinajstić information content (AvgIpc) is 2.62. The second-order valence-electron chi connectivity index (χ2n) is 6.76. The second-order valence-corrected chi connectivity index (χ2v) is 6.76. The molecule has 0 spiro atoms. The molecular formula is C20H26N2O2. The number of amides is 1. The van der Waals surface area contributed by atoms with Crippen molar-refractivity contribution in [3.63, 3.8) is 0 Å². The minimum atomic E-state index is -0.390. The van der Waals surface area contributed by atoms with Gasteiger partial charge in [-0.25, -0.2) is 0 Å². The van der Waals surface area contributed by atoms with E-state index >= 15 is 0 Å². The third-order valence-corrected chi connectivity index (χ3v) is 5.07. The highest BCUT2D eigenvalue weighted by atomic mass is 16.5. The molecule has 1 aliphatic heterocycles. The maximum absolute atomic E-state index is 13.2. The number of nitrogens with one attached hydrogen (secondary N) is 1. The molecule has 24 heavy (non-hydrogen) atoms. The van der Waals surface area contributed by atoms with E-state index in [2.05, 4.69) is 35.6 Å². The van der Waals surface area contributed by atoms with Gasteiger partial charge in [0.2, 0.25) is 5.91 Å². The number of ether oxygens (including phenoxy) is 1. The van der Waals surface area contributed by atoms with Gasteiger partial charge >= 0.3 is 0 Å². The number of hydrogen-bond donors (Lipinski definition) is 1. The van der Waals surface area contributed by atoms with Crippen LogP contribution in [0.2, 0.25) is 0 Å². The molecule has 2 aromatic carbocycles. The van der Waals surface area contributed by atoms with Gasteiger partial charge in [-0.15, -0.1) is 0 Å². The average molecular weight is 326 g/mol. The van der Waals surface area contributed by atoms with Crippen molar-refractivity contribution in [1.82, 2.24) is 10.2 Å².